The third-order valence-corrected chi connectivity index (χ3v) is 3.82. The predicted octanol–water partition coefficient (Wildman–Crippen LogP) is 4.46. The van der Waals surface area contributed by atoms with Gasteiger partial charge in [0.1, 0.15) is 5.82 Å². The maximum atomic E-state index is 13.5. The van der Waals surface area contributed by atoms with Crippen LogP contribution in [0.2, 0.25) is 0 Å². The standard InChI is InChI=1S/C19H24FN/c1-14(2)21-13-18(16-7-5-4-6-8-16)11-17-12-19(20)10-9-15(17)3/h4-10,12,14,18,21H,11,13H2,1-3H3. The molecule has 0 saturated heterocycles. The van der Waals surface area contributed by atoms with Gasteiger partial charge in [-0.15, -0.1) is 0 Å². The van der Waals surface area contributed by atoms with Crippen LogP contribution in [0.25, 0.3) is 0 Å². The third kappa shape index (κ3) is 4.68. The first-order valence-electron chi connectivity index (χ1n) is 7.59. The van der Waals surface area contributed by atoms with Crippen molar-refractivity contribution < 1.29 is 4.39 Å². The van der Waals surface area contributed by atoms with Crippen molar-refractivity contribution in [3.63, 3.8) is 0 Å². The Labute approximate surface area is 127 Å². The number of hydrogen-bond donors (Lipinski definition) is 1. The van der Waals surface area contributed by atoms with E-state index in [2.05, 4.69) is 43.4 Å². The minimum atomic E-state index is -0.153. The van der Waals surface area contributed by atoms with Crippen LogP contribution in [0.3, 0.4) is 0 Å². The van der Waals surface area contributed by atoms with Gasteiger partial charge in [0.2, 0.25) is 0 Å². The molecule has 0 aromatic heterocycles. The summed E-state index contributed by atoms with van der Waals surface area (Å²) in [5.41, 5.74) is 3.55. The van der Waals surface area contributed by atoms with E-state index in [1.807, 2.05) is 19.1 Å². The lowest BCUT2D eigenvalue weighted by atomic mass is 9.90. The molecular weight excluding hydrogens is 261 g/mol. The van der Waals surface area contributed by atoms with Crippen LogP contribution in [0.15, 0.2) is 48.5 Å². The molecule has 0 amide bonds. The fraction of sp³-hybridized carbons (Fsp3) is 0.368. The number of hydrogen-bond acceptors (Lipinski definition) is 1. The number of nitrogens with one attached hydrogen (secondary N) is 1. The van der Waals surface area contributed by atoms with Gasteiger partial charge in [0.25, 0.3) is 0 Å². The Balaban J connectivity index is 2.21. The van der Waals surface area contributed by atoms with E-state index in [0.29, 0.717) is 12.0 Å². The molecule has 0 aliphatic rings. The molecule has 21 heavy (non-hydrogen) atoms. The van der Waals surface area contributed by atoms with E-state index in [9.17, 15) is 4.39 Å². The molecule has 112 valence electrons. The zero-order chi connectivity index (χ0) is 15.2. The van der Waals surface area contributed by atoms with Crippen molar-refractivity contribution >= 4 is 0 Å². The van der Waals surface area contributed by atoms with Crippen LogP contribution < -0.4 is 5.32 Å². The van der Waals surface area contributed by atoms with E-state index in [1.165, 1.54) is 11.6 Å². The number of benzene rings is 2. The van der Waals surface area contributed by atoms with E-state index in [-0.39, 0.29) is 5.82 Å². The third-order valence-electron chi connectivity index (χ3n) is 3.82. The second kappa shape index (κ2) is 7.37. The molecule has 0 fully saturated rings. The van der Waals surface area contributed by atoms with Gasteiger partial charge >= 0.3 is 0 Å². The minimum absolute atomic E-state index is 0.153. The highest BCUT2D eigenvalue weighted by Gasteiger charge is 2.14. The molecule has 1 unspecified atom stereocenters. The van der Waals surface area contributed by atoms with Gasteiger partial charge in [-0.25, -0.2) is 4.39 Å². The molecule has 0 saturated carbocycles. The van der Waals surface area contributed by atoms with Gasteiger partial charge in [0, 0.05) is 18.5 Å². The van der Waals surface area contributed by atoms with Crippen molar-refractivity contribution in [3.05, 3.63) is 71.0 Å². The van der Waals surface area contributed by atoms with Crippen molar-refractivity contribution in [2.24, 2.45) is 0 Å². The van der Waals surface area contributed by atoms with Crippen LogP contribution in [-0.2, 0) is 6.42 Å². The average Bonchev–Trinajstić information content (AvgIpc) is 2.47. The summed E-state index contributed by atoms with van der Waals surface area (Å²) in [6.07, 6.45) is 0.854. The Morgan fingerprint density at radius 1 is 1.05 bits per heavy atom. The van der Waals surface area contributed by atoms with Crippen LogP contribution in [0, 0.1) is 12.7 Å². The number of aryl methyl sites for hydroxylation is 1. The topological polar surface area (TPSA) is 12.0 Å². The predicted molar refractivity (Wildman–Crippen MR) is 87.2 cm³/mol. The van der Waals surface area contributed by atoms with E-state index < -0.39 is 0 Å². The Morgan fingerprint density at radius 2 is 1.76 bits per heavy atom. The summed E-state index contributed by atoms with van der Waals surface area (Å²) in [7, 11) is 0. The van der Waals surface area contributed by atoms with E-state index >= 15 is 0 Å². The zero-order valence-corrected chi connectivity index (χ0v) is 13.1. The van der Waals surface area contributed by atoms with Crippen LogP contribution in [0.5, 0.6) is 0 Å². The quantitative estimate of drug-likeness (QED) is 0.826. The molecule has 2 aromatic carbocycles. The largest absolute Gasteiger partial charge is 0.314 e. The molecule has 1 nitrogen and oxygen atoms in total. The summed E-state index contributed by atoms with van der Waals surface area (Å²) in [4.78, 5) is 0. The van der Waals surface area contributed by atoms with Crippen molar-refractivity contribution in [1.82, 2.24) is 5.32 Å². The highest BCUT2D eigenvalue weighted by Crippen LogP contribution is 2.23. The van der Waals surface area contributed by atoms with Gasteiger partial charge in [0.15, 0.2) is 0 Å². The molecule has 2 rings (SSSR count). The van der Waals surface area contributed by atoms with Crippen LogP contribution >= 0.6 is 0 Å². The molecular formula is C19H24FN. The van der Waals surface area contributed by atoms with Crippen molar-refractivity contribution in [2.75, 3.05) is 6.54 Å². The molecule has 1 atom stereocenters. The van der Waals surface area contributed by atoms with Gasteiger partial charge in [-0.3, -0.25) is 0 Å². The highest BCUT2D eigenvalue weighted by atomic mass is 19.1. The van der Waals surface area contributed by atoms with Gasteiger partial charge in [0.05, 0.1) is 0 Å². The second-order valence-electron chi connectivity index (χ2n) is 5.95. The van der Waals surface area contributed by atoms with Crippen LogP contribution in [0.1, 0.15) is 36.5 Å². The maximum Gasteiger partial charge on any atom is 0.123 e. The van der Waals surface area contributed by atoms with Gasteiger partial charge < -0.3 is 5.32 Å². The maximum absolute atomic E-state index is 13.5. The molecule has 2 aromatic rings. The molecule has 0 bridgehead atoms. The fourth-order valence-corrected chi connectivity index (χ4v) is 2.54. The minimum Gasteiger partial charge on any atom is -0.314 e. The van der Waals surface area contributed by atoms with E-state index in [1.54, 1.807) is 6.07 Å². The molecule has 0 aliphatic heterocycles. The summed E-state index contributed by atoms with van der Waals surface area (Å²) in [5, 5.41) is 3.50. The molecule has 0 radical (unpaired) electrons. The van der Waals surface area contributed by atoms with Gasteiger partial charge in [-0.1, -0.05) is 50.2 Å². The summed E-state index contributed by atoms with van der Waals surface area (Å²) in [6, 6.07) is 16.0. The molecule has 2 heteroatoms. The smallest absolute Gasteiger partial charge is 0.123 e. The summed E-state index contributed by atoms with van der Waals surface area (Å²) in [6.45, 7) is 7.25. The Bertz CT molecular complexity index is 563. The normalized spacial score (nSPS) is 12.6. The van der Waals surface area contributed by atoms with Crippen molar-refractivity contribution in [3.8, 4) is 0 Å². The first-order chi connectivity index (χ1) is 10.1. The fourth-order valence-electron chi connectivity index (χ4n) is 2.54. The number of halogens is 1. The Kier molecular flexibility index (Phi) is 5.51. The monoisotopic (exact) mass is 285 g/mol. The molecule has 0 spiro atoms. The van der Waals surface area contributed by atoms with Crippen molar-refractivity contribution in [2.45, 2.75) is 39.2 Å². The average molecular weight is 285 g/mol. The van der Waals surface area contributed by atoms with E-state index in [0.717, 1.165) is 24.1 Å². The van der Waals surface area contributed by atoms with Crippen molar-refractivity contribution in [1.29, 1.82) is 0 Å². The lowest BCUT2D eigenvalue weighted by Crippen LogP contribution is -2.29. The summed E-state index contributed by atoms with van der Waals surface area (Å²) < 4.78 is 13.5. The van der Waals surface area contributed by atoms with Crippen LogP contribution in [0.4, 0.5) is 4.39 Å². The SMILES string of the molecule is Cc1ccc(F)cc1CC(CNC(C)C)c1ccccc1. The number of rotatable bonds is 6. The first-order valence-corrected chi connectivity index (χ1v) is 7.59. The Morgan fingerprint density at radius 3 is 2.43 bits per heavy atom. The summed E-state index contributed by atoms with van der Waals surface area (Å²) in [5.74, 6) is 0.202. The lowest BCUT2D eigenvalue weighted by Gasteiger charge is -2.21. The zero-order valence-electron chi connectivity index (χ0n) is 13.1. The molecule has 1 N–H and O–H groups in total. The molecule has 0 aliphatic carbocycles. The van der Waals surface area contributed by atoms with E-state index in [4.69, 9.17) is 0 Å². The van der Waals surface area contributed by atoms with Crippen LogP contribution in [-0.4, -0.2) is 12.6 Å². The Hall–Kier alpha value is -1.67. The first kappa shape index (κ1) is 15.7. The van der Waals surface area contributed by atoms with Gasteiger partial charge in [-0.2, -0.15) is 0 Å². The lowest BCUT2D eigenvalue weighted by molar-refractivity contribution is 0.525. The van der Waals surface area contributed by atoms with Gasteiger partial charge in [-0.05, 0) is 42.2 Å². The highest BCUT2D eigenvalue weighted by molar-refractivity contribution is 5.30. The molecule has 0 heterocycles. The summed E-state index contributed by atoms with van der Waals surface area (Å²) >= 11 is 0. The second-order valence-corrected chi connectivity index (χ2v) is 5.95.